The molecule has 4 heteroatoms. The van der Waals surface area contributed by atoms with Crippen LogP contribution < -0.4 is 5.32 Å². The molecule has 2 saturated carbocycles. The van der Waals surface area contributed by atoms with Crippen LogP contribution in [0.2, 0.25) is 0 Å². The van der Waals surface area contributed by atoms with Gasteiger partial charge in [-0.15, -0.1) is 0 Å². The SMILES string of the molecule is O=C(O)c1ccc(CNC(=O)C2CC3CC3C2)cc1. The summed E-state index contributed by atoms with van der Waals surface area (Å²) in [6.45, 7) is 0.477. The Hall–Kier alpha value is -1.84. The molecule has 100 valence electrons. The number of benzene rings is 1. The average molecular weight is 259 g/mol. The molecule has 2 aliphatic rings. The third-order valence-corrected chi connectivity index (χ3v) is 4.28. The van der Waals surface area contributed by atoms with Gasteiger partial charge in [-0.25, -0.2) is 4.79 Å². The van der Waals surface area contributed by atoms with E-state index in [0.29, 0.717) is 6.54 Å². The fraction of sp³-hybridized carbons (Fsp3) is 0.467. The van der Waals surface area contributed by atoms with E-state index >= 15 is 0 Å². The van der Waals surface area contributed by atoms with Gasteiger partial charge in [-0.2, -0.15) is 0 Å². The third kappa shape index (κ3) is 2.62. The van der Waals surface area contributed by atoms with E-state index in [4.69, 9.17) is 5.11 Å². The Balaban J connectivity index is 1.51. The highest BCUT2D eigenvalue weighted by molar-refractivity contribution is 5.87. The number of fused-ring (bicyclic) bond motifs is 1. The topological polar surface area (TPSA) is 66.4 Å². The van der Waals surface area contributed by atoms with E-state index in [1.54, 1.807) is 24.3 Å². The fourth-order valence-electron chi connectivity index (χ4n) is 3.03. The van der Waals surface area contributed by atoms with Gasteiger partial charge >= 0.3 is 5.97 Å². The van der Waals surface area contributed by atoms with Crippen molar-refractivity contribution < 1.29 is 14.7 Å². The summed E-state index contributed by atoms with van der Waals surface area (Å²) in [4.78, 5) is 22.7. The van der Waals surface area contributed by atoms with Crippen LogP contribution in [0.5, 0.6) is 0 Å². The summed E-state index contributed by atoms with van der Waals surface area (Å²) in [6, 6.07) is 6.62. The summed E-state index contributed by atoms with van der Waals surface area (Å²) in [5.41, 5.74) is 1.20. The van der Waals surface area contributed by atoms with Gasteiger partial charge in [0, 0.05) is 12.5 Å². The molecule has 4 nitrogen and oxygen atoms in total. The molecule has 0 aromatic heterocycles. The lowest BCUT2D eigenvalue weighted by molar-refractivity contribution is -0.125. The molecule has 2 N–H and O–H groups in total. The van der Waals surface area contributed by atoms with E-state index < -0.39 is 5.97 Å². The molecule has 1 aromatic rings. The van der Waals surface area contributed by atoms with E-state index in [0.717, 1.165) is 30.2 Å². The normalized spacial score (nSPS) is 27.7. The lowest BCUT2D eigenvalue weighted by atomic mass is 10.0. The van der Waals surface area contributed by atoms with Gasteiger partial charge in [0.2, 0.25) is 5.91 Å². The van der Waals surface area contributed by atoms with Crippen molar-refractivity contribution in [2.45, 2.75) is 25.8 Å². The standard InChI is InChI=1S/C15H17NO3/c17-14(13-6-11-5-12(11)7-13)16-8-9-1-3-10(4-2-9)15(18)19/h1-4,11-13H,5-8H2,(H,16,17)(H,18,19). The number of nitrogens with one attached hydrogen (secondary N) is 1. The van der Waals surface area contributed by atoms with Gasteiger partial charge in [0.15, 0.2) is 0 Å². The minimum absolute atomic E-state index is 0.148. The van der Waals surface area contributed by atoms with Crippen LogP contribution in [0, 0.1) is 17.8 Å². The first-order chi connectivity index (χ1) is 9.13. The third-order valence-electron chi connectivity index (χ3n) is 4.28. The molecular formula is C15H17NO3. The zero-order chi connectivity index (χ0) is 13.4. The summed E-state index contributed by atoms with van der Waals surface area (Å²) < 4.78 is 0. The summed E-state index contributed by atoms with van der Waals surface area (Å²) >= 11 is 0. The Bertz CT molecular complexity index is 499. The molecule has 0 radical (unpaired) electrons. The monoisotopic (exact) mass is 259 g/mol. The van der Waals surface area contributed by atoms with Crippen molar-refractivity contribution in [2.75, 3.05) is 0 Å². The van der Waals surface area contributed by atoms with E-state index in [2.05, 4.69) is 5.32 Å². The number of rotatable bonds is 4. The van der Waals surface area contributed by atoms with Crippen LogP contribution in [0.1, 0.15) is 35.2 Å². The van der Waals surface area contributed by atoms with E-state index in [1.165, 1.54) is 6.42 Å². The Morgan fingerprint density at radius 3 is 2.32 bits per heavy atom. The second kappa shape index (κ2) is 4.68. The zero-order valence-electron chi connectivity index (χ0n) is 10.6. The van der Waals surface area contributed by atoms with Crippen LogP contribution >= 0.6 is 0 Å². The Morgan fingerprint density at radius 1 is 1.11 bits per heavy atom. The maximum absolute atomic E-state index is 12.0. The lowest BCUT2D eigenvalue weighted by Gasteiger charge is -2.12. The maximum atomic E-state index is 12.0. The van der Waals surface area contributed by atoms with Gasteiger partial charge in [0.25, 0.3) is 0 Å². The highest BCUT2D eigenvalue weighted by Crippen LogP contribution is 2.54. The smallest absolute Gasteiger partial charge is 0.335 e. The molecule has 2 fully saturated rings. The largest absolute Gasteiger partial charge is 0.478 e. The number of aromatic carboxylic acids is 1. The van der Waals surface area contributed by atoms with Gasteiger partial charge < -0.3 is 10.4 Å². The predicted octanol–water partition coefficient (Wildman–Crippen LogP) is 2.05. The molecule has 0 saturated heterocycles. The highest BCUT2D eigenvalue weighted by atomic mass is 16.4. The van der Waals surface area contributed by atoms with Gasteiger partial charge in [-0.05, 0) is 48.8 Å². The molecule has 2 atom stereocenters. The summed E-state index contributed by atoms with van der Waals surface area (Å²) in [6.07, 6.45) is 3.42. The molecule has 3 rings (SSSR count). The number of carbonyl (C=O) groups excluding carboxylic acids is 1. The van der Waals surface area contributed by atoms with Gasteiger partial charge in [-0.3, -0.25) is 4.79 Å². The molecule has 2 aliphatic carbocycles. The first-order valence-corrected chi connectivity index (χ1v) is 6.73. The lowest BCUT2D eigenvalue weighted by Crippen LogP contribution is -2.29. The molecule has 1 amide bonds. The van der Waals surface area contributed by atoms with Gasteiger partial charge in [-0.1, -0.05) is 12.1 Å². The fourth-order valence-corrected chi connectivity index (χ4v) is 3.03. The van der Waals surface area contributed by atoms with Crippen molar-refractivity contribution in [3.05, 3.63) is 35.4 Å². The summed E-state index contributed by atoms with van der Waals surface area (Å²) in [5.74, 6) is 1.04. The Morgan fingerprint density at radius 2 is 1.74 bits per heavy atom. The van der Waals surface area contributed by atoms with Crippen LogP contribution in [0.4, 0.5) is 0 Å². The second-order valence-corrected chi connectivity index (χ2v) is 5.64. The Kier molecular flexibility index (Phi) is 3.01. The number of hydrogen-bond donors (Lipinski definition) is 2. The van der Waals surface area contributed by atoms with Crippen molar-refractivity contribution in [1.29, 1.82) is 0 Å². The number of hydrogen-bond acceptors (Lipinski definition) is 2. The van der Waals surface area contributed by atoms with Gasteiger partial charge in [0.05, 0.1) is 5.56 Å². The first-order valence-electron chi connectivity index (χ1n) is 6.73. The van der Waals surface area contributed by atoms with E-state index in [9.17, 15) is 9.59 Å². The average Bonchev–Trinajstić information content (AvgIpc) is 3.03. The highest BCUT2D eigenvalue weighted by Gasteiger charge is 2.47. The molecule has 1 aromatic carbocycles. The summed E-state index contributed by atoms with van der Waals surface area (Å²) in [5, 5.41) is 11.7. The number of carboxylic acid groups (broad SMARTS) is 1. The molecular weight excluding hydrogens is 242 g/mol. The molecule has 0 heterocycles. The number of amides is 1. The molecule has 0 aliphatic heterocycles. The number of carbonyl (C=O) groups is 2. The van der Waals surface area contributed by atoms with Crippen molar-refractivity contribution in [3.63, 3.8) is 0 Å². The number of carboxylic acids is 1. The van der Waals surface area contributed by atoms with E-state index in [1.807, 2.05) is 0 Å². The van der Waals surface area contributed by atoms with E-state index in [-0.39, 0.29) is 17.4 Å². The van der Waals surface area contributed by atoms with Crippen LogP contribution in [0.3, 0.4) is 0 Å². The van der Waals surface area contributed by atoms with Crippen LogP contribution in [-0.2, 0) is 11.3 Å². The van der Waals surface area contributed by atoms with Crippen LogP contribution in [-0.4, -0.2) is 17.0 Å². The van der Waals surface area contributed by atoms with Crippen LogP contribution in [0.25, 0.3) is 0 Å². The minimum atomic E-state index is -0.930. The zero-order valence-corrected chi connectivity index (χ0v) is 10.6. The van der Waals surface area contributed by atoms with Crippen molar-refractivity contribution in [3.8, 4) is 0 Å². The van der Waals surface area contributed by atoms with Crippen molar-refractivity contribution in [2.24, 2.45) is 17.8 Å². The predicted molar refractivity (Wildman–Crippen MR) is 69.6 cm³/mol. The molecule has 2 unspecified atom stereocenters. The summed E-state index contributed by atoms with van der Waals surface area (Å²) in [7, 11) is 0. The maximum Gasteiger partial charge on any atom is 0.335 e. The van der Waals surface area contributed by atoms with Crippen molar-refractivity contribution in [1.82, 2.24) is 5.32 Å². The quantitative estimate of drug-likeness (QED) is 0.869. The van der Waals surface area contributed by atoms with Crippen molar-refractivity contribution >= 4 is 11.9 Å². The Labute approximate surface area is 111 Å². The molecule has 0 bridgehead atoms. The first kappa shape index (κ1) is 12.2. The van der Waals surface area contributed by atoms with Crippen LogP contribution in [0.15, 0.2) is 24.3 Å². The minimum Gasteiger partial charge on any atom is -0.478 e. The second-order valence-electron chi connectivity index (χ2n) is 5.64. The molecule has 19 heavy (non-hydrogen) atoms. The van der Waals surface area contributed by atoms with Gasteiger partial charge in [0.1, 0.15) is 0 Å². The molecule has 0 spiro atoms.